The summed E-state index contributed by atoms with van der Waals surface area (Å²) in [5.74, 6) is -0.572. The van der Waals surface area contributed by atoms with Gasteiger partial charge in [0.15, 0.2) is 0 Å². The highest BCUT2D eigenvalue weighted by atomic mass is 16.7. The molecule has 2 atom stereocenters. The molecule has 0 saturated carbocycles. The summed E-state index contributed by atoms with van der Waals surface area (Å²) in [4.78, 5) is 12.6. The molecule has 1 fully saturated rings. The Morgan fingerprint density at radius 2 is 2.09 bits per heavy atom. The Morgan fingerprint density at radius 3 is 2.77 bits per heavy atom. The topological polar surface area (TPSA) is 35.5 Å². The van der Waals surface area contributed by atoms with Crippen LogP contribution in [-0.4, -0.2) is 12.6 Å². The summed E-state index contributed by atoms with van der Waals surface area (Å²) < 4.78 is 11.7. The van der Waals surface area contributed by atoms with E-state index in [-0.39, 0.29) is 11.4 Å². The minimum absolute atomic E-state index is 0.132. The van der Waals surface area contributed by atoms with Crippen LogP contribution in [0.2, 0.25) is 0 Å². The van der Waals surface area contributed by atoms with Gasteiger partial charge in [0.2, 0.25) is 5.79 Å². The molecule has 3 heteroatoms. The van der Waals surface area contributed by atoms with E-state index in [0.717, 1.165) is 30.4 Å². The average molecular weight is 300 g/mol. The fraction of sp³-hybridized carbons (Fsp3) is 0.632. The number of aryl methyl sites for hydroxylation is 1. The monoisotopic (exact) mass is 300 g/mol. The maximum atomic E-state index is 12.6. The van der Waals surface area contributed by atoms with E-state index in [1.165, 1.54) is 23.1 Å². The summed E-state index contributed by atoms with van der Waals surface area (Å²) >= 11 is 0. The van der Waals surface area contributed by atoms with E-state index in [1.54, 1.807) is 0 Å². The summed E-state index contributed by atoms with van der Waals surface area (Å²) in [5, 5.41) is 0. The smallest absolute Gasteiger partial charge is 0.341 e. The van der Waals surface area contributed by atoms with E-state index >= 15 is 0 Å². The molecule has 0 amide bonds. The van der Waals surface area contributed by atoms with Crippen molar-refractivity contribution in [3.63, 3.8) is 0 Å². The molecule has 22 heavy (non-hydrogen) atoms. The standard InChI is InChI=1S/C19H24O3/c1-11-9-19(21-10-11)14-8-12(2)16-13(15(14)17(20)22-19)6-5-7-18(16,3)4/h8,11H,5-7,9-10H2,1-4H3/t11?,19-/m1/s1. The van der Waals surface area contributed by atoms with Gasteiger partial charge >= 0.3 is 5.97 Å². The number of rotatable bonds is 0. The molecule has 1 spiro atoms. The molecule has 3 nitrogen and oxygen atoms in total. The minimum Gasteiger partial charge on any atom is -0.425 e. The van der Waals surface area contributed by atoms with Crippen LogP contribution in [-0.2, 0) is 27.1 Å². The molecule has 1 aromatic rings. The van der Waals surface area contributed by atoms with Gasteiger partial charge in [-0.15, -0.1) is 0 Å². The first-order chi connectivity index (χ1) is 10.3. The molecule has 1 saturated heterocycles. The third-order valence-electron chi connectivity index (χ3n) is 5.62. The molecule has 0 N–H and O–H groups in total. The predicted molar refractivity (Wildman–Crippen MR) is 84.0 cm³/mol. The summed E-state index contributed by atoms with van der Waals surface area (Å²) in [6.07, 6.45) is 4.05. The highest BCUT2D eigenvalue weighted by Gasteiger charge is 2.53. The third kappa shape index (κ3) is 1.75. The van der Waals surface area contributed by atoms with E-state index in [4.69, 9.17) is 9.47 Å². The van der Waals surface area contributed by atoms with Crippen molar-refractivity contribution in [2.24, 2.45) is 5.92 Å². The Labute approximate surface area is 132 Å². The van der Waals surface area contributed by atoms with Crippen molar-refractivity contribution in [3.05, 3.63) is 33.9 Å². The lowest BCUT2D eigenvalue weighted by atomic mass is 9.69. The molecule has 0 bridgehead atoms. The van der Waals surface area contributed by atoms with Crippen LogP contribution in [0, 0.1) is 12.8 Å². The van der Waals surface area contributed by atoms with Crippen molar-refractivity contribution < 1.29 is 14.3 Å². The van der Waals surface area contributed by atoms with Crippen molar-refractivity contribution in [3.8, 4) is 0 Å². The highest BCUT2D eigenvalue weighted by molar-refractivity contribution is 5.97. The highest BCUT2D eigenvalue weighted by Crippen LogP contribution is 2.51. The molecule has 4 rings (SSSR count). The number of ether oxygens (including phenoxy) is 2. The number of hydrogen-bond acceptors (Lipinski definition) is 3. The number of carbonyl (C=O) groups is 1. The third-order valence-corrected chi connectivity index (χ3v) is 5.62. The van der Waals surface area contributed by atoms with Crippen LogP contribution < -0.4 is 0 Å². The van der Waals surface area contributed by atoms with E-state index < -0.39 is 5.79 Å². The lowest BCUT2D eigenvalue weighted by Gasteiger charge is -2.35. The summed E-state index contributed by atoms with van der Waals surface area (Å²) in [6.45, 7) is 9.55. The Kier molecular flexibility index (Phi) is 2.82. The molecule has 0 aromatic heterocycles. The Balaban J connectivity index is 1.96. The number of fused-ring (bicyclic) bond motifs is 4. The van der Waals surface area contributed by atoms with Gasteiger partial charge in [0.25, 0.3) is 0 Å². The van der Waals surface area contributed by atoms with Crippen LogP contribution in [0.25, 0.3) is 0 Å². The summed E-state index contributed by atoms with van der Waals surface area (Å²) in [5.41, 5.74) is 5.78. The molecule has 2 aliphatic heterocycles. The lowest BCUT2D eigenvalue weighted by molar-refractivity contribution is -0.172. The zero-order chi connectivity index (χ0) is 15.7. The van der Waals surface area contributed by atoms with Crippen molar-refractivity contribution in [1.82, 2.24) is 0 Å². The number of hydrogen-bond donors (Lipinski definition) is 0. The van der Waals surface area contributed by atoms with E-state index in [9.17, 15) is 4.79 Å². The normalized spacial score (nSPS) is 32.0. The van der Waals surface area contributed by atoms with Gasteiger partial charge in [-0.1, -0.05) is 20.8 Å². The fourth-order valence-electron chi connectivity index (χ4n) is 4.81. The molecule has 1 aromatic carbocycles. The molecule has 2 heterocycles. The van der Waals surface area contributed by atoms with Gasteiger partial charge in [-0.05, 0) is 60.3 Å². The largest absolute Gasteiger partial charge is 0.425 e. The Bertz CT molecular complexity index is 674. The first-order valence-corrected chi connectivity index (χ1v) is 8.39. The second kappa shape index (κ2) is 4.35. The number of benzene rings is 1. The Morgan fingerprint density at radius 1 is 1.32 bits per heavy atom. The second-order valence-corrected chi connectivity index (χ2v) is 7.97. The van der Waals surface area contributed by atoms with Crippen LogP contribution in [0.15, 0.2) is 6.07 Å². The molecular formula is C19H24O3. The van der Waals surface area contributed by atoms with E-state index in [2.05, 4.69) is 33.8 Å². The lowest BCUT2D eigenvalue weighted by Crippen LogP contribution is -2.28. The minimum atomic E-state index is -0.812. The van der Waals surface area contributed by atoms with Crippen molar-refractivity contribution in [1.29, 1.82) is 0 Å². The number of esters is 1. The maximum Gasteiger partial charge on any atom is 0.341 e. The first kappa shape index (κ1) is 14.3. The van der Waals surface area contributed by atoms with Crippen molar-refractivity contribution >= 4 is 5.97 Å². The summed E-state index contributed by atoms with van der Waals surface area (Å²) in [6, 6.07) is 2.16. The van der Waals surface area contributed by atoms with Gasteiger partial charge in [0.05, 0.1) is 12.2 Å². The maximum absolute atomic E-state index is 12.6. The van der Waals surface area contributed by atoms with Crippen LogP contribution >= 0.6 is 0 Å². The molecule has 1 aliphatic carbocycles. The quantitative estimate of drug-likeness (QED) is 0.680. The van der Waals surface area contributed by atoms with Crippen LogP contribution in [0.3, 0.4) is 0 Å². The van der Waals surface area contributed by atoms with E-state index in [1.807, 2.05) is 0 Å². The molecule has 0 radical (unpaired) electrons. The molecule has 3 aliphatic rings. The van der Waals surface area contributed by atoms with Crippen LogP contribution in [0.1, 0.15) is 72.6 Å². The van der Waals surface area contributed by atoms with Gasteiger partial charge in [0, 0.05) is 12.0 Å². The van der Waals surface area contributed by atoms with Gasteiger partial charge in [-0.25, -0.2) is 4.79 Å². The van der Waals surface area contributed by atoms with Gasteiger partial charge in [-0.3, -0.25) is 0 Å². The van der Waals surface area contributed by atoms with Crippen LogP contribution in [0.4, 0.5) is 0 Å². The second-order valence-electron chi connectivity index (χ2n) is 7.97. The molecular weight excluding hydrogens is 276 g/mol. The summed E-state index contributed by atoms with van der Waals surface area (Å²) in [7, 11) is 0. The van der Waals surface area contributed by atoms with Gasteiger partial charge in [-0.2, -0.15) is 0 Å². The van der Waals surface area contributed by atoms with Crippen molar-refractivity contribution in [2.45, 2.75) is 64.6 Å². The van der Waals surface area contributed by atoms with Gasteiger partial charge < -0.3 is 9.47 Å². The average Bonchev–Trinajstić information content (AvgIpc) is 2.91. The Hall–Kier alpha value is -1.35. The van der Waals surface area contributed by atoms with Gasteiger partial charge in [0.1, 0.15) is 0 Å². The zero-order valence-electron chi connectivity index (χ0n) is 13.9. The number of carbonyl (C=O) groups excluding carboxylic acids is 1. The van der Waals surface area contributed by atoms with Crippen LogP contribution in [0.5, 0.6) is 0 Å². The van der Waals surface area contributed by atoms with E-state index in [0.29, 0.717) is 12.5 Å². The predicted octanol–water partition coefficient (Wildman–Crippen LogP) is 3.99. The molecule has 1 unspecified atom stereocenters. The molecule has 118 valence electrons. The van der Waals surface area contributed by atoms with Crippen molar-refractivity contribution in [2.75, 3.05) is 6.61 Å². The SMILES string of the molecule is Cc1cc2c(c3c1C(C)(C)CCC3)C(=O)O[C@]21CC(C)CO1. The zero-order valence-corrected chi connectivity index (χ0v) is 13.9. The fourth-order valence-corrected chi connectivity index (χ4v) is 4.81. The first-order valence-electron chi connectivity index (χ1n) is 8.39.